The molecule has 0 aromatic rings. The number of carbonyl (C=O) groups is 1. The molecule has 0 amide bonds. The number of nitrogens with one attached hydrogen (secondary N) is 1. The first-order valence-electron chi connectivity index (χ1n) is 3.47. The molecule has 1 aliphatic carbocycles. The van der Waals surface area contributed by atoms with Crippen LogP contribution in [0.25, 0.3) is 0 Å². The largest absolute Gasteiger partial charge is 0.315 e. The maximum Gasteiger partial charge on any atom is 0.137 e. The Kier molecular flexibility index (Phi) is 0.826. The Morgan fingerprint density at radius 3 is 2.78 bits per heavy atom. The van der Waals surface area contributed by atoms with Crippen LogP contribution in [0, 0.1) is 11.3 Å². The van der Waals surface area contributed by atoms with Crippen LogP contribution in [-0.2, 0) is 4.79 Å². The van der Waals surface area contributed by atoms with E-state index in [4.69, 9.17) is 0 Å². The van der Waals surface area contributed by atoms with Crippen LogP contribution in [0.3, 0.4) is 0 Å². The van der Waals surface area contributed by atoms with Crippen molar-refractivity contribution < 1.29 is 4.79 Å². The van der Waals surface area contributed by atoms with Gasteiger partial charge in [-0.2, -0.15) is 0 Å². The van der Waals surface area contributed by atoms with Crippen LogP contribution in [0.15, 0.2) is 0 Å². The van der Waals surface area contributed by atoms with Crippen molar-refractivity contribution in [3.63, 3.8) is 0 Å². The zero-order valence-corrected chi connectivity index (χ0v) is 5.61. The van der Waals surface area contributed by atoms with Gasteiger partial charge in [0.05, 0.1) is 0 Å². The highest BCUT2D eigenvalue weighted by atomic mass is 16.1. The van der Waals surface area contributed by atoms with Gasteiger partial charge in [-0.05, 0) is 25.8 Å². The second-order valence-corrected chi connectivity index (χ2v) is 3.24. The summed E-state index contributed by atoms with van der Waals surface area (Å²) in [5.74, 6) is 1.08. The van der Waals surface area contributed by atoms with Crippen molar-refractivity contribution in [1.29, 1.82) is 0 Å². The lowest BCUT2D eigenvalue weighted by Gasteiger charge is -2.03. The molecule has 0 bridgehead atoms. The number of piperidine rings is 1. The molecule has 0 unspecified atom stereocenters. The van der Waals surface area contributed by atoms with Gasteiger partial charge >= 0.3 is 0 Å². The van der Waals surface area contributed by atoms with Gasteiger partial charge in [0, 0.05) is 12.0 Å². The second kappa shape index (κ2) is 1.37. The fourth-order valence-electron chi connectivity index (χ4n) is 1.89. The van der Waals surface area contributed by atoms with E-state index in [0.717, 1.165) is 19.5 Å². The normalized spacial score (nSPS) is 46.6. The first-order chi connectivity index (χ1) is 4.26. The van der Waals surface area contributed by atoms with Crippen LogP contribution >= 0.6 is 0 Å². The van der Waals surface area contributed by atoms with Crippen LogP contribution in [0.5, 0.6) is 0 Å². The predicted octanol–water partition coefficient (Wildman–Crippen LogP) is 0.185. The van der Waals surface area contributed by atoms with E-state index in [1.54, 1.807) is 6.92 Å². The zero-order valence-electron chi connectivity index (χ0n) is 5.61. The first-order valence-corrected chi connectivity index (χ1v) is 3.47. The average Bonchev–Trinajstić information content (AvgIpc) is 2.38. The van der Waals surface area contributed by atoms with Crippen molar-refractivity contribution in [3.8, 4) is 0 Å². The molecular formula is C7H11NO. The number of ketones is 1. The van der Waals surface area contributed by atoms with E-state index in [0.29, 0.717) is 11.7 Å². The molecule has 2 nitrogen and oxygen atoms in total. The number of hydrogen-bond donors (Lipinski definition) is 1. The summed E-state index contributed by atoms with van der Waals surface area (Å²) in [4.78, 5) is 11.0. The zero-order chi connectivity index (χ0) is 6.48. The van der Waals surface area contributed by atoms with E-state index < -0.39 is 0 Å². The van der Waals surface area contributed by atoms with E-state index in [2.05, 4.69) is 5.32 Å². The van der Waals surface area contributed by atoms with Gasteiger partial charge in [-0.25, -0.2) is 0 Å². The molecule has 1 N–H and O–H groups in total. The quantitative estimate of drug-likeness (QED) is 0.542. The fourth-order valence-corrected chi connectivity index (χ4v) is 1.89. The van der Waals surface area contributed by atoms with Gasteiger partial charge in [-0.1, -0.05) is 0 Å². The van der Waals surface area contributed by atoms with Gasteiger partial charge in [0.2, 0.25) is 0 Å². The minimum atomic E-state index is 0.111. The summed E-state index contributed by atoms with van der Waals surface area (Å²) >= 11 is 0. The summed E-state index contributed by atoms with van der Waals surface area (Å²) in [6.45, 7) is 3.72. The maximum atomic E-state index is 11.0. The third-order valence-corrected chi connectivity index (χ3v) is 2.76. The highest BCUT2D eigenvalue weighted by Gasteiger charge is 2.60. The molecule has 50 valence electrons. The van der Waals surface area contributed by atoms with E-state index >= 15 is 0 Å². The lowest BCUT2D eigenvalue weighted by molar-refractivity contribution is -0.121. The third-order valence-electron chi connectivity index (χ3n) is 2.76. The van der Waals surface area contributed by atoms with E-state index in [1.807, 2.05) is 0 Å². The number of Topliss-reactive ketones (excluding diaryl/α,β-unsaturated/α-hetero) is 1. The highest BCUT2D eigenvalue weighted by Crippen LogP contribution is 2.55. The molecule has 1 saturated heterocycles. The minimum Gasteiger partial charge on any atom is -0.315 e. The minimum absolute atomic E-state index is 0.111. The highest BCUT2D eigenvalue weighted by molar-refractivity contribution is 5.86. The van der Waals surface area contributed by atoms with Crippen molar-refractivity contribution >= 4 is 5.78 Å². The van der Waals surface area contributed by atoms with Crippen LogP contribution < -0.4 is 5.32 Å². The summed E-state index contributed by atoms with van der Waals surface area (Å²) in [5, 5.41) is 3.22. The molecule has 9 heavy (non-hydrogen) atoms. The molecule has 2 fully saturated rings. The molecule has 0 aromatic heterocycles. The number of carbonyl (C=O) groups excluding carboxylic acids is 1. The molecule has 1 saturated carbocycles. The van der Waals surface area contributed by atoms with Crippen LogP contribution in [0.1, 0.15) is 13.3 Å². The lowest BCUT2D eigenvalue weighted by atomic mass is 10.0. The van der Waals surface area contributed by atoms with Crippen LogP contribution in [-0.4, -0.2) is 18.9 Å². The Balaban J connectivity index is 2.19. The van der Waals surface area contributed by atoms with Gasteiger partial charge in [0.15, 0.2) is 0 Å². The molecule has 0 spiro atoms. The van der Waals surface area contributed by atoms with E-state index in [-0.39, 0.29) is 5.41 Å². The third kappa shape index (κ3) is 0.517. The first kappa shape index (κ1) is 5.42. The van der Waals surface area contributed by atoms with Crippen molar-refractivity contribution in [1.82, 2.24) is 5.32 Å². The van der Waals surface area contributed by atoms with Gasteiger partial charge in [0.25, 0.3) is 0 Å². The Morgan fingerprint density at radius 1 is 1.78 bits per heavy atom. The summed E-state index contributed by atoms with van der Waals surface area (Å²) in [6.07, 6.45) is 1.15. The summed E-state index contributed by atoms with van der Waals surface area (Å²) in [6, 6.07) is 0. The van der Waals surface area contributed by atoms with Gasteiger partial charge in [0.1, 0.15) is 5.78 Å². The maximum absolute atomic E-state index is 11.0. The molecule has 2 rings (SSSR count). The van der Waals surface area contributed by atoms with Crippen molar-refractivity contribution in [2.75, 3.05) is 13.1 Å². The summed E-state index contributed by atoms with van der Waals surface area (Å²) < 4.78 is 0. The topological polar surface area (TPSA) is 29.1 Å². The Labute approximate surface area is 54.6 Å². The number of hydrogen-bond acceptors (Lipinski definition) is 2. The average molecular weight is 125 g/mol. The van der Waals surface area contributed by atoms with Gasteiger partial charge < -0.3 is 5.32 Å². The molecule has 2 atom stereocenters. The SMILES string of the molecule is CC(=O)[C@@]12CNC[C@@H]1C2. The number of rotatable bonds is 1. The molecule has 1 heterocycles. The van der Waals surface area contributed by atoms with Gasteiger partial charge in [-0.15, -0.1) is 0 Å². The molecule has 0 radical (unpaired) electrons. The standard InChI is InChI=1S/C7H11NO/c1-5(9)7-2-6(7)3-8-4-7/h6,8H,2-4H2,1H3/t6-,7+/m0/s1. The second-order valence-electron chi connectivity index (χ2n) is 3.24. The van der Waals surface area contributed by atoms with Crippen LogP contribution in [0.4, 0.5) is 0 Å². The van der Waals surface area contributed by atoms with E-state index in [1.165, 1.54) is 0 Å². The summed E-state index contributed by atoms with van der Waals surface area (Å²) in [7, 11) is 0. The summed E-state index contributed by atoms with van der Waals surface area (Å²) in [5.41, 5.74) is 0.111. The molecule has 1 aliphatic heterocycles. The number of fused-ring (bicyclic) bond motifs is 1. The van der Waals surface area contributed by atoms with Gasteiger partial charge in [-0.3, -0.25) is 4.79 Å². The molecule has 2 aliphatic rings. The van der Waals surface area contributed by atoms with Crippen LogP contribution in [0.2, 0.25) is 0 Å². The Morgan fingerprint density at radius 2 is 2.56 bits per heavy atom. The van der Waals surface area contributed by atoms with E-state index in [9.17, 15) is 4.79 Å². The Hall–Kier alpha value is -0.370. The predicted molar refractivity (Wildman–Crippen MR) is 34.1 cm³/mol. The Bertz CT molecular complexity index is 166. The smallest absolute Gasteiger partial charge is 0.137 e. The van der Waals surface area contributed by atoms with Crippen molar-refractivity contribution in [2.24, 2.45) is 11.3 Å². The monoisotopic (exact) mass is 125 g/mol. The van der Waals surface area contributed by atoms with Crippen molar-refractivity contribution in [2.45, 2.75) is 13.3 Å². The molecule has 2 heteroatoms. The fraction of sp³-hybridized carbons (Fsp3) is 0.857. The molecule has 0 aromatic carbocycles. The lowest BCUT2D eigenvalue weighted by Crippen LogP contribution is -2.21. The molecular weight excluding hydrogens is 114 g/mol. The van der Waals surface area contributed by atoms with Crippen molar-refractivity contribution in [3.05, 3.63) is 0 Å².